The Morgan fingerprint density at radius 1 is 1.00 bits per heavy atom. The van der Waals surface area contributed by atoms with Crippen LogP contribution in [0, 0.1) is 11.6 Å². The Hall–Kier alpha value is -2.36. The molecule has 3 rings (SSSR count). The maximum absolute atomic E-state index is 13.6. The van der Waals surface area contributed by atoms with Crippen LogP contribution >= 0.6 is 0 Å². The fraction of sp³-hybridized carbons (Fsp3) is 0.316. The van der Waals surface area contributed by atoms with E-state index in [0.717, 1.165) is 6.07 Å². The first-order valence-corrected chi connectivity index (χ1v) is 10.3. The van der Waals surface area contributed by atoms with Crippen LogP contribution in [-0.2, 0) is 21.4 Å². The molecule has 0 spiro atoms. The lowest BCUT2D eigenvalue weighted by atomic mass is 10.2. The zero-order valence-corrected chi connectivity index (χ0v) is 16.0. The van der Waals surface area contributed by atoms with Crippen LogP contribution in [0.4, 0.5) is 8.78 Å². The highest BCUT2D eigenvalue weighted by molar-refractivity contribution is 7.89. The van der Waals surface area contributed by atoms with Crippen molar-refractivity contribution in [1.82, 2.24) is 14.5 Å². The summed E-state index contributed by atoms with van der Waals surface area (Å²) in [6, 6.07) is 11.1. The number of hydrogen-bond acceptors (Lipinski definition) is 4. The molecule has 28 heavy (non-hydrogen) atoms. The summed E-state index contributed by atoms with van der Waals surface area (Å²) in [6.07, 6.45) is 0. The zero-order valence-electron chi connectivity index (χ0n) is 15.1. The number of sulfonamides is 1. The van der Waals surface area contributed by atoms with Gasteiger partial charge in [0.15, 0.2) is 0 Å². The van der Waals surface area contributed by atoms with Gasteiger partial charge in [0, 0.05) is 38.3 Å². The van der Waals surface area contributed by atoms with E-state index in [1.165, 1.54) is 28.6 Å². The fourth-order valence-corrected chi connectivity index (χ4v) is 4.45. The highest BCUT2D eigenvalue weighted by atomic mass is 32.2. The van der Waals surface area contributed by atoms with Crippen molar-refractivity contribution in [2.24, 2.45) is 0 Å². The number of rotatable bonds is 6. The maximum atomic E-state index is 13.6. The van der Waals surface area contributed by atoms with Gasteiger partial charge in [0.1, 0.15) is 11.6 Å². The van der Waals surface area contributed by atoms with E-state index in [1.807, 2.05) is 4.90 Å². The molecule has 2 aromatic rings. The van der Waals surface area contributed by atoms with E-state index in [4.69, 9.17) is 0 Å². The minimum atomic E-state index is -3.76. The van der Waals surface area contributed by atoms with Gasteiger partial charge in [-0.15, -0.1) is 0 Å². The van der Waals surface area contributed by atoms with Gasteiger partial charge >= 0.3 is 0 Å². The van der Waals surface area contributed by atoms with Gasteiger partial charge in [0.05, 0.1) is 11.4 Å². The Labute approximate surface area is 162 Å². The first kappa shape index (κ1) is 20.4. The molecular weight excluding hydrogens is 388 g/mol. The predicted molar refractivity (Wildman–Crippen MR) is 99.8 cm³/mol. The van der Waals surface area contributed by atoms with Crippen LogP contribution < -0.4 is 5.32 Å². The van der Waals surface area contributed by atoms with Crippen LogP contribution in [0.3, 0.4) is 0 Å². The fourth-order valence-electron chi connectivity index (χ4n) is 3.00. The number of piperazine rings is 1. The summed E-state index contributed by atoms with van der Waals surface area (Å²) < 4.78 is 53.4. The van der Waals surface area contributed by atoms with Gasteiger partial charge in [-0.05, 0) is 24.3 Å². The molecule has 0 aromatic heterocycles. The van der Waals surface area contributed by atoms with E-state index in [1.54, 1.807) is 18.2 Å². The molecule has 9 heteroatoms. The topological polar surface area (TPSA) is 69.7 Å². The molecule has 6 nitrogen and oxygen atoms in total. The highest BCUT2D eigenvalue weighted by Crippen LogP contribution is 2.18. The molecule has 1 aliphatic heterocycles. The summed E-state index contributed by atoms with van der Waals surface area (Å²) in [5.74, 6) is -1.24. The molecule has 2 aromatic carbocycles. The summed E-state index contributed by atoms with van der Waals surface area (Å²) in [6.45, 7) is 1.37. The second kappa shape index (κ2) is 8.76. The van der Waals surface area contributed by atoms with Crippen molar-refractivity contribution in [2.45, 2.75) is 11.4 Å². The van der Waals surface area contributed by atoms with E-state index in [0.29, 0.717) is 18.7 Å². The van der Waals surface area contributed by atoms with Crippen molar-refractivity contribution >= 4 is 15.9 Å². The van der Waals surface area contributed by atoms with Crippen LogP contribution in [0.1, 0.15) is 5.56 Å². The van der Waals surface area contributed by atoms with Crippen molar-refractivity contribution in [2.75, 3.05) is 32.7 Å². The molecular formula is C19H21F2N3O3S. The Morgan fingerprint density at radius 2 is 1.71 bits per heavy atom. The van der Waals surface area contributed by atoms with Gasteiger partial charge in [-0.25, -0.2) is 17.2 Å². The second-order valence-corrected chi connectivity index (χ2v) is 8.44. The molecule has 1 saturated heterocycles. The number of nitrogens with one attached hydrogen (secondary N) is 1. The molecule has 0 radical (unpaired) electrons. The minimum absolute atomic E-state index is 0.0800. The third-order valence-corrected chi connectivity index (χ3v) is 6.46. The molecule has 0 aliphatic carbocycles. The average molecular weight is 409 g/mol. The maximum Gasteiger partial charge on any atom is 0.243 e. The third kappa shape index (κ3) is 4.92. The number of amides is 1. The van der Waals surface area contributed by atoms with Gasteiger partial charge in [-0.1, -0.05) is 24.3 Å². The first-order chi connectivity index (χ1) is 13.4. The number of hydrogen-bond donors (Lipinski definition) is 1. The van der Waals surface area contributed by atoms with E-state index >= 15 is 0 Å². The van der Waals surface area contributed by atoms with Crippen molar-refractivity contribution in [3.05, 3.63) is 65.7 Å². The van der Waals surface area contributed by atoms with Crippen molar-refractivity contribution in [3.63, 3.8) is 0 Å². The third-order valence-electron chi connectivity index (χ3n) is 4.57. The Bertz CT molecular complexity index is 945. The van der Waals surface area contributed by atoms with Gasteiger partial charge in [0.25, 0.3) is 0 Å². The van der Waals surface area contributed by atoms with Crippen LogP contribution in [0.25, 0.3) is 0 Å². The molecule has 0 bridgehead atoms. The lowest BCUT2D eigenvalue weighted by Gasteiger charge is -2.33. The first-order valence-electron chi connectivity index (χ1n) is 8.84. The predicted octanol–water partition coefficient (Wildman–Crippen LogP) is 1.59. The van der Waals surface area contributed by atoms with Gasteiger partial charge in [-0.2, -0.15) is 4.31 Å². The van der Waals surface area contributed by atoms with Crippen LogP contribution in [0.5, 0.6) is 0 Å². The smallest absolute Gasteiger partial charge is 0.243 e. The molecule has 1 aliphatic rings. The molecule has 1 fully saturated rings. The standard InChI is InChI=1S/C19H21F2N3O3S/c20-16-5-3-6-17(12-16)28(26,27)24-10-8-23(9-11-24)14-19(25)22-13-15-4-1-2-7-18(15)21/h1-7,12H,8-11,13-14H2,(H,22,25). The van der Waals surface area contributed by atoms with Gasteiger partial charge < -0.3 is 5.32 Å². The average Bonchev–Trinajstić information content (AvgIpc) is 2.68. The molecule has 0 saturated carbocycles. The summed E-state index contributed by atoms with van der Waals surface area (Å²) in [4.78, 5) is 13.8. The van der Waals surface area contributed by atoms with E-state index in [9.17, 15) is 22.0 Å². The number of carbonyl (C=O) groups is 1. The van der Waals surface area contributed by atoms with Crippen molar-refractivity contribution in [3.8, 4) is 0 Å². The molecule has 1 amide bonds. The molecule has 0 unspecified atom stereocenters. The number of halogens is 2. The van der Waals surface area contributed by atoms with Gasteiger partial charge in [0.2, 0.25) is 15.9 Å². The lowest BCUT2D eigenvalue weighted by molar-refractivity contribution is -0.122. The van der Waals surface area contributed by atoms with Crippen molar-refractivity contribution < 1.29 is 22.0 Å². The molecule has 150 valence electrons. The van der Waals surface area contributed by atoms with Crippen LogP contribution in [0.2, 0.25) is 0 Å². The normalized spacial score (nSPS) is 16.1. The van der Waals surface area contributed by atoms with Crippen molar-refractivity contribution in [1.29, 1.82) is 0 Å². The molecule has 1 heterocycles. The second-order valence-electron chi connectivity index (χ2n) is 6.51. The van der Waals surface area contributed by atoms with E-state index in [2.05, 4.69) is 5.32 Å². The summed E-state index contributed by atoms with van der Waals surface area (Å²) in [5, 5.41) is 2.67. The molecule has 1 N–H and O–H groups in total. The quantitative estimate of drug-likeness (QED) is 0.787. The Balaban J connectivity index is 1.50. The summed E-state index contributed by atoms with van der Waals surface area (Å²) in [5.41, 5.74) is 0.404. The largest absolute Gasteiger partial charge is 0.351 e. The van der Waals surface area contributed by atoms with E-state index in [-0.39, 0.29) is 42.8 Å². The zero-order chi connectivity index (χ0) is 20.1. The van der Waals surface area contributed by atoms with Crippen LogP contribution in [-0.4, -0.2) is 56.3 Å². The van der Waals surface area contributed by atoms with E-state index < -0.39 is 15.8 Å². The Kier molecular flexibility index (Phi) is 6.38. The minimum Gasteiger partial charge on any atom is -0.351 e. The summed E-state index contributed by atoms with van der Waals surface area (Å²) >= 11 is 0. The Morgan fingerprint density at radius 3 is 2.39 bits per heavy atom. The SMILES string of the molecule is O=C(CN1CCN(S(=O)(=O)c2cccc(F)c2)CC1)NCc1ccccc1F. The van der Waals surface area contributed by atoms with Crippen LogP contribution in [0.15, 0.2) is 53.4 Å². The summed E-state index contributed by atoms with van der Waals surface area (Å²) in [7, 11) is -3.76. The molecule has 0 atom stereocenters. The number of nitrogens with zero attached hydrogens (tertiary/aromatic N) is 2. The highest BCUT2D eigenvalue weighted by Gasteiger charge is 2.29. The number of carbonyl (C=O) groups excluding carboxylic acids is 1. The number of benzene rings is 2. The van der Waals surface area contributed by atoms with Gasteiger partial charge in [-0.3, -0.25) is 9.69 Å². The lowest BCUT2D eigenvalue weighted by Crippen LogP contribution is -2.51. The monoisotopic (exact) mass is 409 g/mol.